The zero-order valence-corrected chi connectivity index (χ0v) is 19.8. The lowest BCUT2D eigenvalue weighted by molar-refractivity contribution is -0.155. The van der Waals surface area contributed by atoms with Crippen molar-refractivity contribution >= 4 is 31.9 Å². The minimum absolute atomic E-state index is 0.0209. The van der Waals surface area contributed by atoms with Crippen LogP contribution in [0.5, 0.6) is 11.5 Å². The summed E-state index contributed by atoms with van der Waals surface area (Å²) in [5, 5.41) is 0. The van der Waals surface area contributed by atoms with E-state index in [0.29, 0.717) is 16.8 Å². The van der Waals surface area contributed by atoms with E-state index in [9.17, 15) is 13.2 Å². The largest absolute Gasteiger partial charge is 0.493 e. The van der Waals surface area contributed by atoms with Crippen molar-refractivity contribution in [1.29, 1.82) is 0 Å². The summed E-state index contributed by atoms with van der Waals surface area (Å²) in [5.41, 5.74) is -0.710. The third kappa shape index (κ3) is 6.91. The predicted molar refractivity (Wildman–Crippen MR) is 110 cm³/mol. The van der Waals surface area contributed by atoms with E-state index in [1.165, 1.54) is 26.4 Å². The molecule has 0 aliphatic carbocycles. The molecule has 0 unspecified atom stereocenters. The van der Waals surface area contributed by atoms with E-state index in [4.69, 9.17) is 14.2 Å². The normalized spacial score (nSPS) is 12.4. The number of hydrogen-bond donors (Lipinski definition) is 0. The zero-order valence-electron chi connectivity index (χ0n) is 17.4. The molecule has 8 nitrogen and oxygen atoms in total. The van der Waals surface area contributed by atoms with Gasteiger partial charge in [-0.05, 0) is 56.9 Å². The van der Waals surface area contributed by atoms with Crippen LogP contribution in [0.25, 0.3) is 0 Å². The first kappa shape index (κ1) is 24.7. The lowest BCUT2D eigenvalue weighted by Crippen LogP contribution is -2.42. The van der Waals surface area contributed by atoms with Crippen molar-refractivity contribution in [3.8, 4) is 11.5 Å². The number of carbonyl (C=O) groups excluding carboxylic acids is 1. The van der Waals surface area contributed by atoms with Gasteiger partial charge in [0, 0.05) is 23.6 Å². The molecule has 0 atom stereocenters. The van der Waals surface area contributed by atoms with E-state index in [1.807, 2.05) is 19.0 Å². The highest BCUT2D eigenvalue weighted by Crippen LogP contribution is 2.36. The highest BCUT2D eigenvalue weighted by Gasteiger charge is 2.31. The minimum Gasteiger partial charge on any atom is -0.493 e. The van der Waals surface area contributed by atoms with Gasteiger partial charge in [-0.25, -0.2) is 8.42 Å². The van der Waals surface area contributed by atoms with Gasteiger partial charge in [0.15, 0.2) is 11.5 Å². The molecular weight excluding hydrogens is 452 g/mol. The first-order chi connectivity index (χ1) is 12.8. The van der Waals surface area contributed by atoms with E-state index >= 15 is 0 Å². The zero-order chi connectivity index (χ0) is 21.7. The van der Waals surface area contributed by atoms with E-state index in [1.54, 1.807) is 20.8 Å². The molecule has 0 aliphatic heterocycles. The molecule has 160 valence electrons. The molecule has 0 amide bonds. The van der Waals surface area contributed by atoms with Crippen molar-refractivity contribution in [2.45, 2.75) is 31.3 Å². The SMILES string of the molecule is COc1cc(Br)c(S(=O)(=O)N(CCN(C)C)CC(=O)OC(C)(C)C)cc1OC. The minimum atomic E-state index is -4.01. The fourth-order valence-corrected chi connectivity index (χ4v) is 4.66. The first-order valence-corrected chi connectivity index (χ1v) is 10.8. The maximum absolute atomic E-state index is 13.3. The van der Waals surface area contributed by atoms with Gasteiger partial charge in [-0.15, -0.1) is 0 Å². The maximum atomic E-state index is 13.3. The molecule has 1 aromatic carbocycles. The molecule has 28 heavy (non-hydrogen) atoms. The Kier molecular flexibility index (Phi) is 8.73. The quantitative estimate of drug-likeness (QED) is 0.501. The Balaban J connectivity index is 3.32. The number of sulfonamides is 1. The summed E-state index contributed by atoms with van der Waals surface area (Å²) >= 11 is 3.28. The number of esters is 1. The molecule has 1 aromatic rings. The molecule has 0 bridgehead atoms. The van der Waals surface area contributed by atoms with Crippen LogP contribution in [0, 0.1) is 0 Å². The summed E-state index contributed by atoms with van der Waals surface area (Å²) in [6.07, 6.45) is 0. The third-order valence-corrected chi connectivity index (χ3v) is 6.38. The lowest BCUT2D eigenvalue weighted by Gasteiger charge is -2.26. The Labute approximate surface area is 175 Å². The Bertz CT molecular complexity index is 790. The average molecular weight is 481 g/mol. The molecule has 0 spiro atoms. The van der Waals surface area contributed by atoms with Crippen LogP contribution in [0.3, 0.4) is 0 Å². The summed E-state index contributed by atoms with van der Waals surface area (Å²) in [7, 11) is 2.52. The fraction of sp³-hybridized carbons (Fsp3) is 0.611. The van der Waals surface area contributed by atoms with E-state index < -0.39 is 28.1 Å². The number of ether oxygens (including phenoxy) is 3. The van der Waals surface area contributed by atoms with Crippen LogP contribution in [0.15, 0.2) is 21.5 Å². The summed E-state index contributed by atoms with van der Waals surface area (Å²) < 4.78 is 43.8. The number of rotatable bonds is 9. The summed E-state index contributed by atoms with van der Waals surface area (Å²) in [6.45, 7) is 5.36. The summed E-state index contributed by atoms with van der Waals surface area (Å²) in [5.74, 6) is 0.0424. The Morgan fingerprint density at radius 1 is 1.07 bits per heavy atom. The molecule has 0 N–H and O–H groups in total. The first-order valence-electron chi connectivity index (χ1n) is 8.60. The second-order valence-corrected chi connectivity index (χ2v) is 10.1. The standard InChI is InChI=1S/C18H29BrN2O6S/c1-18(2,3)27-17(22)12-21(9-8-20(4)5)28(23,24)16-11-15(26-7)14(25-6)10-13(16)19/h10-11H,8-9,12H2,1-7H3. The monoisotopic (exact) mass is 480 g/mol. The lowest BCUT2D eigenvalue weighted by atomic mass is 10.2. The van der Waals surface area contributed by atoms with Crippen molar-refractivity contribution in [2.24, 2.45) is 0 Å². The van der Waals surface area contributed by atoms with Crippen molar-refractivity contribution < 1.29 is 27.4 Å². The molecule has 0 saturated heterocycles. The van der Waals surface area contributed by atoms with Gasteiger partial charge < -0.3 is 19.1 Å². The van der Waals surface area contributed by atoms with Crippen LogP contribution in [0.4, 0.5) is 0 Å². The second kappa shape index (κ2) is 9.91. The molecule has 0 heterocycles. The predicted octanol–water partition coefficient (Wildman–Crippen LogP) is 2.36. The molecule has 10 heteroatoms. The fourth-order valence-electron chi connectivity index (χ4n) is 2.29. The van der Waals surface area contributed by atoms with E-state index in [0.717, 1.165) is 4.31 Å². The Morgan fingerprint density at radius 3 is 2.07 bits per heavy atom. The molecule has 0 radical (unpaired) electrons. The Morgan fingerprint density at radius 2 is 1.61 bits per heavy atom. The van der Waals surface area contributed by atoms with Gasteiger partial charge in [-0.3, -0.25) is 4.79 Å². The highest BCUT2D eigenvalue weighted by atomic mass is 79.9. The van der Waals surface area contributed by atoms with Gasteiger partial charge in [0.05, 0.1) is 14.2 Å². The summed E-state index contributed by atoms with van der Waals surface area (Å²) in [4.78, 5) is 14.1. The molecular formula is C18H29BrN2O6S. The number of methoxy groups -OCH3 is 2. The Hall–Kier alpha value is -1.36. The van der Waals surface area contributed by atoms with Crippen LogP contribution < -0.4 is 9.47 Å². The topological polar surface area (TPSA) is 85.4 Å². The van der Waals surface area contributed by atoms with Crippen molar-refractivity contribution in [3.05, 3.63) is 16.6 Å². The molecule has 0 aromatic heterocycles. The summed E-state index contributed by atoms with van der Waals surface area (Å²) in [6, 6.07) is 2.89. The second-order valence-electron chi connectivity index (χ2n) is 7.37. The maximum Gasteiger partial charge on any atom is 0.321 e. The number of likely N-dealkylation sites (N-methyl/N-ethyl adjacent to an activating group) is 1. The molecule has 1 rings (SSSR count). The van der Waals surface area contributed by atoms with Crippen LogP contribution in [-0.4, -0.2) is 77.1 Å². The van der Waals surface area contributed by atoms with Gasteiger partial charge in [-0.2, -0.15) is 4.31 Å². The number of nitrogens with zero attached hydrogens (tertiary/aromatic N) is 2. The van der Waals surface area contributed by atoms with Gasteiger partial charge >= 0.3 is 5.97 Å². The highest BCUT2D eigenvalue weighted by molar-refractivity contribution is 9.10. The van der Waals surface area contributed by atoms with Crippen LogP contribution >= 0.6 is 15.9 Å². The van der Waals surface area contributed by atoms with Crippen molar-refractivity contribution in [1.82, 2.24) is 9.21 Å². The smallest absolute Gasteiger partial charge is 0.321 e. The van der Waals surface area contributed by atoms with Crippen molar-refractivity contribution in [2.75, 3.05) is 47.9 Å². The molecule has 0 fully saturated rings. The number of hydrogen-bond acceptors (Lipinski definition) is 7. The third-order valence-electron chi connectivity index (χ3n) is 3.58. The van der Waals surface area contributed by atoms with Crippen LogP contribution in [0.1, 0.15) is 20.8 Å². The van der Waals surface area contributed by atoms with Crippen molar-refractivity contribution in [3.63, 3.8) is 0 Å². The van der Waals surface area contributed by atoms with E-state index in [2.05, 4.69) is 15.9 Å². The number of carbonyl (C=O) groups is 1. The van der Waals surface area contributed by atoms with Gasteiger partial charge in [0.2, 0.25) is 10.0 Å². The number of benzene rings is 1. The van der Waals surface area contributed by atoms with Crippen LogP contribution in [-0.2, 0) is 19.6 Å². The van der Waals surface area contributed by atoms with Gasteiger partial charge in [-0.1, -0.05) is 0 Å². The number of halogens is 1. The molecule has 0 aliphatic rings. The average Bonchev–Trinajstić information content (AvgIpc) is 2.55. The van der Waals surface area contributed by atoms with Gasteiger partial charge in [0.1, 0.15) is 17.0 Å². The van der Waals surface area contributed by atoms with Crippen LogP contribution in [0.2, 0.25) is 0 Å². The van der Waals surface area contributed by atoms with E-state index in [-0.39, 0.29) is 17.2 Å². The molecule has 0 saturated carbocycles. The van der Waals surface area contributed by atoms with Gasteiger partial charge in [0.25, 0.3) is 0 Å².